The lowest BCUT2D eigenvalue weighted by atomic mass is 10.1. The van der Waals surface area contributed by atoms with Crippen LogP contribution in [0.3, 0.4) is 0 Å². The molecular formula is C22H20N4O3S3. The van der Waals surface area contributed by atoms with Crippen molar-refractivity contribution < 1.29 is 14.2 Å². The number of aromatic nitrogens is 3. The highest BCUT2D eigenvalue weighted by Crippen LogP contribution is 2.43. The van der Waals surface area contributed by atoms with Crippen LogP contribution in [0.2, 0.25) is 0 Å². The average Bonchev–Trinajstić information content (AvgIpc) is 3.12. The number of rotatable bonds is 8. The van der Waals surface area contributed by atoms with Crippen molar-refractivity contribution in [3.63, 3.8) is 0 Å². The Kier molecular flexibility index (Phi) is 7.86. The third-order valence-corrected chi connectivity index (χ3v) is 7.26. The molecule has 2 aromatic heterocycles. The minimum atomic E-state index is 0.333. The number of nitriles is 1. The van der Waals surface area contributed by atoms with Gasteiger partial charge in [-0.15, -0.1) is 17.8 Å². The van der Waals surface area contributed by atoms with Crippen molar-refractivity contribution in [2.24, 2.45) is 0 Å². The SMILES string of the molecule is C#CCSc1nc(Sc2nc(C)c(C)s2)c(C#N)c(-c2cc(OC)c(OC)c(OC)c2)n1. The largest absolute Gasteiger partial charge is 0.493 e. The van der Waals surface area contributed by atoms with E-state index in [9.17, 15) is 5.26 Å². The van der Waals surface area contributed by atoms with Gasteiger partial charge in [-0.1, -0.05) is 17.7 Å². The van der Waals surface area contributed by atoms with Gasteiger partial charge in [0.25, 0.3) is 0 Å². The van der Waals surface area contributed by atoms with Gasteiger partial charge in [0.2, 0.25) is 5.75 Å². The number of methoxy groups -OCH3 is 3. The number of nitrogens with zero attached hydrogens (tertiary/aromatic N) is 4. The Morgan fingerprint density at radius 3 is 2.25 bits per heavy atom. The van der Waals surface area contributed by atoms with Crippen LogP contribution in [0.15, 0.2) is 26.7 Å². The topological polar surface area (TPSA) is 90.2 Å². The molecule has 164 valence electrons. The van der Waals surface area contributed by atoms with Crippen molar-refractivity contribution in [1.82, 2.24) is 15.0 Å². The van der Waals surface area contributed by atoms with Gasteiger partial charge >= 0.3 is 0 Å². The van der Waals surface area contributed by atoms with Crippen LogP contribution in [0.5, 0.6) is 17.2 Å². The van der Waals surface area contributed by atoms with E-state index in [4.69, 9.17) is 20.6 Å². The van der Waals surface area contributed by atoms with Gasteiger partial charge in [0.1, 0.15) is 16.7 Å². The number of terminal acetylenes is 1. The molecule has 10 heteroatoms. The van der Waals surface area contributed by atoms with Crippen LogP contribution in [0.25, 0.3) is 11.3 Å². The molecule has 0 amide bonds. The predicted octanol–water partition coefficient (Wildman–Crippen LogP) is 4.99. The molecule has 0 aliphatic carbocycles. The Labute approximate surface area is 199 Å². The first kappa shape index (κ1) is 23.7. The van der Waals surface area contributed by atoms with Gasteiger partial charge in [-0.2, -0.15) is 5.26 Å². The summed E-state index contributed by atoms with van der Waals surface area (Å²) in [5.74, 6) is 4.36. The first-order chi connectivity index (χ1) is 15.4. The molecule has 7 nitrogen and oxygen atoms in total. The standard InChI is InChI=1S/C22H20N4O3S3/c1-7-8-30-21-25-18(14-9-16(27-4)19(29-6)17(10-14)28-5)15(11-23)20(26-21)32-22-24-12(2)13(3)31-22/h1,9-10H,8H2,2-6H3. The minimum absolute atomic E-state index is 0.333. The van der Waals surface area contributed by atoms with Crippen LogP contribution in [0.4, 0.5) is 0 Å². The van der Waals surface area contributed by atoms with Crippen LogP contribution in [0, 0.1) is 37.5 Å². The fourth-order valence-electron chi connectivity index (χ4n) is 2.76. The van der Waals surface area contributed by atoms with E-state index in [1.165, 1.54) is 44.9 Å². The summed E-state index contributed by atoms with van der Waals surface area (Å²) in [6.45, 7) is 3.97. The summed E-state index contributed by atoms with van der Waals surface area (Å²) >= 11 is 4.22. The van der Waals surface area contributed by atoms with Gasteiger partial charge < -0.3 is 14.2 Å². The fraction of sp³-hybridized carbons (Fsp3) is 0.273. The van der Waals surface area contributed by atoms with E-state index in [1.807, 2.05) is 13.8 Å². The van der Waals surface area contributed by atoms with Crippen molar-refractivity contribution in [3.05, 3.63) is 28.3 Å². The minimum Gasteiger partial charge on any atom is -0.493 e. The molecule has 0 spiro atoms. The number of benzene rings is 1. The molecule has 0 N–H and O–H groups in total. The summed E-state index contributed by atoms with van der Waals surface area (Å²) in [6.07, 6.45) is 5.43. The second-order valence-electron chi connectivity index (χ2n) is 6.28. The van der Waals surface area contributed by atoms with Gasteiger partial charge in [0, 0.05) is 10.4 Å². The Hall–Kier alpha value is -2.92. The first-order valence-electron chi connectivity index (χ1n) is 9.26. The van der Waals surface area contributed by atoms with Crippen molar-refractivity contribution in [2.45, 2.75) is 28.4 Å². The smallest absolute Gasteiger partial charge is 0.203 e. The molecule has 0 bridgehead atoms. The highest BCUT2D eigenvalue weighted by molar-refractivity contribution is 8.01. The van der Waals surface area contributed by atoms with Gasteiger partial charge in [-0.3, -0.25) is 0 Å². The normalized spacial score (nSPS) is 10.3. The van der Waals surface area contributed by atoms with Gasteiger partial charge in [0.05, 0.1) is 38.5 Å². The lowest BCUT2D eigenvalue weighted by Gasteiger charge is -2.15. The molecule has 0 unspecified atom stereocenters. The summed E-state index contributed by atoms with van der Waals surface area (Å²) in [6, 6.07) is 5.77. The van der Waals surface area contributed by atoms with E-state index in [2.05, 4.69) is 26.9 Å². The van der Waals surface area contributed by atoms with E-state index in [0.717, 1.165) is 14.9 Å². The van der Waals surface area contributed by atoms with Crippen LogP contribution in [0.1, 0.15) is 16.1 Å². The van der Waals surface area contributed by atoms with Crippen molar-refractivity contribution in [1.29, 1.82) is 5.26 Å². The van der Waals surface area contributed by atoms with Gasteiger partial charge in [-0.05, 0) is 37.7 Å². The van der Waals surface area contributed by atoms with E-state index >= 15 is 0 Å². The number of thiazole rings is 1. The molecule has 0 aliphatic heterocycles. The number of thioether (sulfide) groups is 1. The number of ether oxygens (including phenoxy) is 3. The lowest BCUT2D eigenvalue weighted by Crippen LogP contribution is -2.01. The highest BCUT2D eigenvalue weighted by atomic mass is 32.2. The number of hydrogen-bond donors (Lipinski definition) is 0. The third kappa shape index (κ3) is 4.94. The zero-order valence-corrected chi connectivity index (χ0v) is 20.6. The number of hydrogen-bond acceptors (Lipinski definition) is 10. The molecule has 2 heterocycles. The molecule has 3 aromatic rings. The summed E-state index contributed by atoms with van der Waals surface area (Å²) < 4.78 is 17.2. The summed E-state index contributed by atoms with van der Waals surface area (Å²) in [5, 5.41) is 11.0. The Morgan fingerprint density at radius 1 is 1.06 bits per heavy atom. The number of aryl methyl sites for hydroxylation is 2. The van der Waals surface area contributed by atoms with Crippen molar-refractivity contribution >= 4 is 34.9 Å². The summed E-state index contributed by atoms with van der Waals surface area (Å²) in [4.78, 5) is 14.9. The summed E-state index contributed by atoms with van der Waals surface area (Å²) in [5.41, 5.74) is 2.37. The van der Waals surface area contributed by atoms with Crippen LogP contribution >= 0.6 is 34.9 Å². The van der Waals surface area contributed by atoms with E-state index in [0.29, 0.717) is 50.0 Å². The highest BCUT2D eigenvalue weighted by Gasteiger charge is 2.22. The zero-order valence-electron chi connectivity index (χ0n) is 18.2. The first-order valence-corrected chi connectivity index (χ1v) is 11.9. The lowest BCUT2D eigenvalue weighted by molar-refractivity contribution is 0.324. The third-order valence-electron chi connectivity index (χ3n) is 4.38. The van der Waals surface area contributed by atoms with Crippen molar-refractivity contribution in [3.8, 4) is 46.9 Å². The van der Waals surface area contributed by atoms with E-state index < -0.39 is 0 Å². The van der Waals surface area contributed by atoms with Crippen LogP contribution in [-0.2, 0) is 0 Å². The second-order valence-corrected chi connectivity index (χ2v) is 9.66. The second kappa shape index (κ2) is 10.6. The molecule has 0 fully saturated rings. The van der Waals surface area contributed by atoms with E-state index in [-0.39, 0.29) is 0 Å². The van der Waals surface area contributed by atoms with Gasteiger partial charge in [0.15, 0.2) is 21.0 Å². The van der Waals surface area contributed by atoms with Crippen LogP contribution in [-0.4, -0.2) is 42.0 Å². The van der Waals surface area contributed by atoms with E-state index in [1.54, 1.807) is 23.5 Å². The fourth-order valence-corrected chi connectivity index (χ4v) is 5.49. The van der Waals surface area contributed by atoms with Crippen molar-refractivity contribution in [2.75, 3.05) is 27.1 Å². The monoisotopic (exact) mass is 484 g/mol. The molecule has 0 radical (unpaired) electrons. The predicted molar refractivity (Wildman–Crippen MR) is 127 cm³/mol. The maximum Gasteiger partial charge on any atom is 0.203 e. The summed E-state index contributed by atoms with van der Waals surface area (Å²) in [7, 11) is 4.61. The molecule has 1 aromatic carbocycles. The Morgan fingerprint density at radius 2 is 1.75 bits per heavy atom. The van der Waals surface area contributed by atoms with Gasteiger partial charge in [-0.25, -0.2) is 15.0 Å². The Bertz CT molecular complexity index is 1180. The average molecular weight is 485 g/mol. The molecule has 32 heavy (non-hydrogen) atoms. The molecule has 0 atom stereocenters. The molecule has 0 saturated carbocycles. The quantitative estimate of drug-likeness (QED) is 0.190. The maximum absolute atomic E-state index is 10.0. The molecule has 0 aliphatic rings. The Balaban J connectivity index is 2.22. The molecule has 0 saturated heterocycles. The molecule has 3 rings (SSSR count). The molecular weight excluding hydrogens is 464 g/mol. The zero-order chi connectivity index (χ0) is 23.3. The van der Waals surface area contributed by atoms with Crippen LogP contribution < -0.4 is 14.2 Å². The maximum atomic E-state index is 10.0.